The number of carbonyl (C=O) groups is 1. The first-order valence-electron chi connectivity index (χ1n) is 7.04. The number of aromatic hydroxyl groups is 1. The van der Waals surface area contributed by atoms with E-state index in [1.54, 1.807) is 18.2 Å². The highest BCUT2D eigenvalue weighted by atomic mass is 127. The van der Waals surface area contributed by atoms with Gasteiger partial charge in [0.15, 0.2) is 0 Å². The topological polar surface area (TPSA) is 43.8 Å². The smallest absolute Gasteiger partial charge is 0.254 e. The average Bonchev–Trinajstić information content (AvgIpc) is 2.48. The summed E-state index contributed by atoms with van der Waals surface area (Å²) in [6, 6.07) is 5.70. The minimum absolute atomic E-state index is 0.0144. The summed E-state index contributed by atoms with van der Waals surface area (Å²) in [7, 11) is 0. The van der Waals surface area contributed by atoms with Crippen molar-refractivity contribution >= 4 is 28.5 Å². The molecule has 20 heavy (non-hydrogen) atoms. The molecule has 1 unspecified atom stereocenters. The van der Waals surface area contributed by atoms with Crippen molar-refractivity contribution in [3.8, 4) is 5.75 Å². The Kier molecular flexibility index (Phi) is 5.26. The van der Waals surface area contributed by atoms with E-state index in [0.29, 0.717) is 11.6 Å². The van der Waals surface area contributed by atoms with Gasteiger partial charge in [-0.25, -0.2) is 0 Å². The average molecular weight is 388 g/mol. The highest BCUT2D eigenvalue weighted by Gasteiger charge is 2.24. The van der Waals surface area contributed by atoms with Crippen LogP contribution in [0.3, 0.4) is 0 Å². The molecule has 0 radical (unpaired) electrons. The molecule has 0 bridgehead atoms. The molecular weight excluding hydrogens is 367 g/mol. The fourth-order valence-electron chi connectivity index (χ4n) is 2.45. The van der Waals surface area contributed by atoms with Crippen LogP contribution in [-0.4, -0.2) is 53.0 Å². The number of amides is 1. The number of hydrogen-bond acceptors (Lipinski definition) is 3. The number of carbonyl (C=O) groups excluding carboxylic acids is 1. The number of rotatable bonds is 3. The van der Waals surface area contributed by atoms with Crippen molar-refractivity contribution in [2.24, 2.45) is 0 Å². The van der Waals surface area contributed by atoms with Crippen LogP contribution in [0.4, 0.5) is 0 Å². The van der Waals surface area contributed by atoms with E-state index in [2.05, 4.69) is 41.3 Å². The van der Waals surface area contributed by atoms with Gasteiger partial charge in [0.2, 0.25) is 0 Å². The molecule has 1 saturated heterocycles. The highest BCUT2D eigenvalue weighted by molar-refractivity contribution is 14.1. The van der Waals surface area contributed by atoms with Gasteiger partial charge in [0.1, 0.15) is 5.75 Å². The number of phenols is 1. The molecule has 1 fully saturated rings. The van der Waals surface area contributed by atoms with Gasteiger partial charge in [0, 0.05) is 37.8 Å². The molecular formula is C15H21IN2O2. The SMILES string of the molecule is CCC(C)N1CCN(C(=O)c2ccc(I)c(O)c2)CC1. The summed E-state index contributed by atoms with van der Waals surface area (Å²) in [4.78, 5) is 16.7. The Bertz CT molecular complexity index is 485. The van der Waals surface area contributed by atoms with Gasteiger partial charge in [0.05, 0.1) is 3.57 Å². The largest absolute Gasteiger partial charge is 0.507 e. The van der Waals surface area contributed by atoms with Crippen LogP contribution in [0.5, 0.6) is 5.75 Å². The number of phenolic OH excluding ortho intramolecular Hbond substituents is 1. The molecule has 0 saturated carbocycles. The first-order chi connectivity index (χ1) is 9.52. The van der Waals surface area contributed by atoms with E-state index in [1.807, 2.05) is 4.90 Å². The number of halogens is 1. The van der Waals surface area contributed by atoms with Crippen LogP contribution in [0.2, 0.25) is 0 Å². The Balaban J connectivity index is 1.99. The molecule has 2 rings (SSSR count). The maximum Gasteiger partial charge on any atom is 0.254 e. The van der Waals surface area contributed by atoms with E-state index in [1.165, 1.54) is 0 Å². The minimum atomic E-state index is 0.0144. The summed E-state index contributed by atoms with van der Waals surface area (Å²) < 4.78 is 0.765. The fraction of sp³-hybridized carbons (Fsp3) is 0.533. The molecule has 4 nitrogen and oxygen atoms in total. The van der Waals surface area contributed by atoms with Crippen LogP contribution >= 0.6 is 22.6 Å². The van der Waals surface area contributed by atoms with E-state index in [-0.39, 0.29) is 11.7 Å². The third-order valence-electron chi connectivity index (χ3n) is 4.01. The normalized spacial score (nSPS) is 18.1. The first-order valence-corrected chi connectivity index (χ1v) is 8.12. The zero-order chi connectivity index (χ0) is 14.7. The molecule has 0 aliphatic carbocycles. The highest BCUT2D eigenvalue weighted by Crippen LogP contribution is 2.22. The molecule has 1 atom stereocenters. The van der Waals surface area contributed by atoms with Crippen molar-refractivity contribution in [2.45, 2.75) is 26.3 Å². The summed E-state index contributed by atoms with van der Waals surface area (Å²) in [6.07, 6.45) is 1.14. The van der Waals surface area contributed by atoms with Crippen molar-refractivity contribution in [1.82, 2.24) is 9.80 Å². The van der Waals surface area contributed by atoms with Crippen molar-refractivity contribution < 1.29 is 9.90 Å². The molecule has 1 aliphatic rings. The van der Waals surface area contributed by atoms with Gasteiger partial charge in [-0.15, -0.1) is 0 Å². The number of nitrogens with zero attached hydrogens (tertiary/aromatic N) is 2. The van der Waals surface area contributed by atoms with E-state index in [9.17, 15) is 9.90 Å². The summed E-state index contributed by atoms with van der Waals surface area (Å²) in [5, 5.41) is 9.71. The van der Waals surface area contributed by atoms with Gasteiger partial charge in [0.25, 0.3) is 5.91 Å². The Morgan fingerprint density at radius 2 is 2.00 bits per heavy atom. The van der Waals surface area contributed by atoms with Crippen LogP contribution < -0.4 is 0 Å². The summed E-state index contributed by atoms with van der Waals surface area (Å²) in [5.74, 6) is 0.190. The van der Waals surface area contributed by atoms with E-state index >= 15 is 0 Å². The van der Waals surface area contributed by atoms with Gasteiger partial charge in [-0.2, -0.15) is 0 Å². The number of hydrogen-bond donors (Lipinski definition) is 1. The molecule has 0 spiro atoms. The van der Waals surface area contributed by atoms with Gasteiger partial charge in [-0.3, -0.25) is 9.69 Å². The van der Waals surface area contributed by atoms with Crippen molar-refractivity contribution in [2.75, 3.05) is 26.2 Å². The minimum Gasteiger partial charge on any atom is -0.507 e. The zero-order valence-corrected chi connectivity index (χ0v) is 14.1. The van der Waals surface area contributed by atoms with Crippen LogP contribution in [0.25, 0.3) is 0 Å². The van der Waals surface area contributed by atoms with Gasteiger partial charge < -0.3 is 10.0 Å². The predicted molar refractivity (Wildman–Crippen MR) is 88.1 cm³/mol. The first kappa shape index (κ1) is 15.6. The summed E-state index contributed by atoms with van der Waals surface area (Å²) in [5.41, 5.74) is 0.569. The summed E-state index contributed by atoms with van der Waals surface area (Å²) >= 11 is 2.05. The van der Waals surface area contributed by atoms with Crippen LogP contribution in [0.1, 0.15) is 30.6 Å². The molecule has 1 N–H and O–H groups in total. The van der Waals surface area contributed by atoms with E-state index < -0.39 is 0 Å². The lowest BCUT2D eigenvalue weighted by molar-refractivity contribution is 0.0579. The zero-order valence-electron chi connectivity index (χ0n) is 12.0. The maximum absolute atomic E-state index is 12.4. The molecule has 1 aromatic rings. The Hall–Kier alpha value is -0.820. The van der Waals surface area contributed by atoms with Crippen LogP contribution in [0.15, 0.2) is 18.2 Å². The lowest BCUT2D eigenvalue weighted by Crippen LogP contribution is -2.51. The summed E-state index contributed by atoms with van der Waals surface area (Å²) in [6.45, 7) is 7.80. The van der Waals surface area contributed by atoms with Crippen molar-refractivity contribution in [3.63, 3.8) is 0 Å². The Morgan fingerprint density at radius 3 is 2.55 bits per heavy atom. The second-order valence-electron chi connectivity index (χ2n) is 5.25. The molecule has 0 aromatic heterocycles. The molecule has 5 heteroatoms. The fourth-order valence-corrected chi connectivity index (χ4v) is 2.79. The Morgan fingerprint density at radius 1 is 1.35 bits per heavy atom. The lowest BCUT2D eigenvalue weighted by Gasteiger charge is -2.37. The monoisotopic (exact) mass is 388 g/mol. The second-order valence-corrected chi connectivity index (χ2v) is 6.41. The number of benzene rings is 1. The van der Waals surface area contributed by atoms with E-state index in [0.717, 1.165) is 36.2 Å². The predicted octanol–water partition coefficient (Wildman–Crippen LogP) is 2.55. The van der Waals surface area contributed by atoms with Gasteiger partial charge in [-0.05, 0) is 54.1 Å². The molecule has 1 amide bonds. The standard InChI is InChI=1S/C15H21IN2O2/c1-3-11(2)17-6-8-18(9-7-17)15(20)12-4-5-13(16)14(19)10-12/h4-5,10-11,19H,3,6-9H2,1-2H3. The third kappa shape index (κ3) is 3.44. The second kappa shape index (κ2) is 6.76. The molecule has 1 aromatic carbocycles. The van der Waals surface area contributed by atoms with Crippen LogP contribution in [-0.2, 0) is 0 Å². The van der Waals surface area contributed by atoms with E-state index in [4.69, 9.17) is 0 Å². The number of piperazine rings is 1. The molecule has 110 valence electrons. The van der Waals surface area contributed by atoms with Gasteiger partial charge in [-0.1, -0.05) is 6.92 Å². The third-order valence-corrected chi connectivity index (χ3v) is 4.92. The molecule has 1 aliphatic heterocycles. The van der Waals surface area contributed by atoms with Crippen molar-refractivity contribution in [3.05, 3.63) is 27.3 Å². The van der Waals surface area contributed by atoms with Crippen LogP contribution in [0, 0.1) is 3.57 Å². The maximum atomic E-state index is 12.4. The lowest BCUT2D eigenvalue weighted by atomic mass is 10.1. The quantitative estimate of drug-likeness (QED) is 0.810. The Labute approximate surface area is 133 Å². The molecule has 1 heterocycles. The van der Waals surface area contributed by atoms with Crippen molar-refractivity contribution in [1.29, 1.82) is 0 Å². The van der Waals surface area contributed by atoms with Gasteiger partial charge >= 0.3 is 0 Å².